The molecule has 92 valence electrons. The molecule has 2 aliphatic heterocycles. The fourth-order valence-electron chi connectivity index (χ4n) is 3.17. The quantitative estimate of drug-likeness (QED) is 0.415. The largest absolute Gasteiger partial charge is 0.480 e. The van der Waals surface area contributed by atoms with Crippen molar-refractivity contribution in [3.05, 3.63) is 0 Å². The van der Waals surface area contributed by atoms with Gasteiger partial charge in [0.1, 0.15) is 5.54 Å². The van der Waals surface area contributed by atoms with Crippen LogP contribution in [0.5, 0.6) is 0 Å². The van der Waals surface area contributed by atoms with Gasteiger partial charge in [0, 0.05) is 24.3 Å². The van der Waals surface area contributed by atoms with Crippen LogP contribution >= 0.6 is 12.0 Å². The van der Waals surface area contributed by atoms with Gasteiger partial charge in [-0.05, 0) is 37.8 Å². The van der Waals surface area contributed by atoms with Gasteiger partial charge in [0.2, 0.25) is 0 Å². The number of carboxylic acids is 1. The third-order valence-corrected chi connectivity index (χ3v) is 4.52. The van der Waals surface area contributed by atoms with Crippen molar-refractivity contribution in [1.29, 1.82) is 0 Å². The van der Waals surface area contributed by atoms with Crippen molar-refractivity contribution in [3.63, 3.8) is 0 Å². The molecule has 2 fully saturated rings. The minimum atomic E-state index is -0.785. The highest BCUT2D eigenvalue weighted by Gasteiger charge is 2.62. The molecule has 0 amide bonds. The van der Waals surface area contributed by atoms with E-state index in [1.54, 1.807) is 0 Å². The number of carbonyl (C=O) groups is 1. The number of rotatable bonds is 5. The zero-order chi connectivity index (χ0) is 11.6. The smallest absolute Gasteiger partial charge is 0.325 e. The van der Waals surface area contributed by atoms with Gasteiger partial charge in [-0.25, -0.2) is 0 Å². The predicted octanol–water partition coefficient (Wildman–Crippen LogP) is 0.379. The van der Waals surface area contributed by atoms with Crippen molar-refractivity contribution < 1.29 is 14.5 Å². The van der Waals surface area contributed by atoms with Crippen LogP contribution in [0, 0.1) is 5.41 Å². The second-order valence-electron chi connectivity index (χ2n) is 4.71. The van der Waals surface area contributed by atoms with E-state index < -0.39 is 11.5 Å². The zero-order valence-electron chi connectivity index (χ0n) is 9.16. The minimum absolute atomic E-state index is 0.172. The zero-order valence-corrected chi connectivity index (χ0v) is 9.98. The molecule has 0 aliphatic carbocycles. The highest BCUT2D eigenvalue weighted by atomic mass is 32.2. The molecular formula is C10H18N2O3S. The molecule has 0 unspecified atom stereocenters. The van der Waals surface area contributed by atoms with E-state index in [4.69, 9.17) is 4.55 Å². The number of carboxylic acid groups (broad SMARTS) is 1. The van der Waals surface area contributed by atoms with Crippen LogP contribution in [0.4, 0.5) is 0 Å². The first-order valence-electron chi connectivity index (χ1n) is 5.62. The Kier molecular flexibility index (Phi) is 3.44. The third kappa shape index (κ3) is 1.64. The number of hydrogen-bond acceptors (Lipinski definition) is 5. The Morgan fingerprint density at radius 1 is 1.44 bits per heavy atom. The highest BCUT2D eigenvalue weighted by Crippen LogP contribution is 2.46. The first-order chi connectivity index (χ1) is 7.67. The summed E-state index contributed by atoms with van der Waals surface area (Å²) in [6.45, 7) is 2.05. The van der Waals surface area contributed by atoms with E-state index in [1.165, 1.54) is 0 Å². The van der Waals surface area contributed by atoms with Gasteiger partial charge in [-0.3, -0.25) is 4.79 Å². The van der Waals surface area contributed by atoms with E-state index in [2.05, 4.69) is 10.6 Å². The maximum absolute atomic E-state index is 11.5. The van der Waals surface area contributed by atoms with E-state index in [0.717, 1.165) is 44.4 Å². The standard InChI is InChI=1S/C10H18N2O3S/c13-8(14)10-7-11-6-9(10,3-4-12-10)2-1-5-16-15/h11-12,15H,1-7H2,(H,13,14)/t9-,10-/m1/s1. The second kappa shape index (κ2) is 4.52. The molecule has 0 aromatic carbocycles. The average Bonchev–Trinajstić information content (AvgIpc) is 2.73. The third-order valence-electron chi connectivity index (χ3n) is 4.05. The molecule has 2 saturated heterocycles. The molecule has 0 saturated carbocycles. The predicted molar refractivity (Wildman–Crippen MR) is 62.6 cm³/mol. The summed E-state index contributed by atoms with van der Waals surface area (Å²) in [5.74, 6) is -0.0658. The van der Waals surface area contributed by atoms with Gasteiger partial charge in [-0.15, -0.1) is 0 Å². The number of hydrogen-bond donors (Lipinski definition) is 4. The summed E-state index contributed by atoms with van der Waals surface area (Å²) in [6.07, 6.45) is 2.62. The van der Waals surface area contributed by atoms with Gasteiger partial charge in [-0.1, -0.05) is 0 Å². The molecule has 4 N–H and O–H groups in total. The van der Waals surface area contributed by atoms with Crippen LogP contribution in [-0.2, 0) is 4.79 Å². The molecule has 0 aromatic rings. The fraction of sp³-hybridized carbons (Fsp3) is 0.900. The van der Waals surface area contributed by atoms with E-state index in [9.17, 15) is 9.90 Å². The van der Waals surface area contributed by atoms with Crippen molar-refractivity contribution in [2.75, 3.05) is 25.4 Å². The van der Waals surface area contributed by atoms with E-state index in [0.29, 0.717) is 12.3 Å². The minimum Gasteiger partial charge on any atom is -0.480 e. The first-order valence-corrected chi connectivity index (χ1v) is 6.57. The summed E-state index contributed by atoms with van der Waals surface area (Å²) in [5.41, 5.74) is -0.957. The summed E-state index contributed by atoms with van der Waals surface area (Å²) < 4.78 is 8.72. The summed E-state index contributed by atoms with van der Waals surface area (Å²) in [5, 5.41) is 15.8. The van der Waals surface area contributed by atoms with Gasteiger partial charge in [-0.2, -0.15) is 0 Å². The van der Waals surface area contributed by atoms with Crippen LogP contribution in [0.2, 0.25) is 0 Å². The number of fused-ring (bicyclic) bond motifs is 1. The van der Waals surface area contributed by atoms with Gasteiger partial charge < -0.3 is 20.3 Å². The number of aliphatic carboxylic acids is 1. The van der Waals surface area contributed by atoms with Crippen molar-refractivity contribution in [2.45, 2.75) is 24.8 Å². The molecule has 2 heterocycles. The van der Waals surface area contributed by atoms with Crippen LogP contribution in [-0.4, -0.2) is 46.6 Å². The van der Waals surface area contributed by atoms with Crippen molar-refractivity contribution in [3.8, 4) is 0 Å². The van der Waals surface area contributed by atoms with Gasteiger partial charge in [0.15, 0.2) is 0 Å². The molecule has 2 rings (SSSR count). The van der Waals surface area contributed by atoms with Gasteiger partial charge >= 0.3 is 5.97 Å². The Morgan fingerprint density at radius 2 is 2.25 bits per heavy atom. The lowest BCUT2D eigenvalue weighted by Crippen LogP contribution is -2.58. The van der Waals surface area contributed by atoms with Crippen LogP contribution in [0.3, 0.4) is 0 Å². The summed E-state index contributed by atoms with van der Waals surface area (Å²) >= 11 is 0.835. The first kappa shape index (κ1) is 12.2. The molecule has 16 heavy (non-hydrogen) atoms. The topological polar surface area (TPSA) is 81.6 Å². The Bertz CT molecular complexity index is 275. The molecular weight excluding hydrogens is 228 g/mol. The SMILES string of the molecule is O=C(O)[C@]12CNC[C@@]1(CCCSO)CCN2. The van der Waals surface area contributed by atoms with Crippen molar-refractivity contribution in [2.24, 2.45) is 5.41 Å². The molecule has 0 radical (unpaired) electrons. The lowest BCUT2D eigenvalue weighted by atomic mass is 9.70. The number of nitrogens with one attached hydrogen (secondary N) is 2. The molecule has 2 aliphatic rings. The van der Waals surface area contributed by atoms with Crippen molar-refractivity contribution >= 4 is 18.0 Å². The van der Waals surface area contributed by atoms with E-state index >= 15 is 0 Å². The monoisotopic (exact) mass is 246 g/mol. The Morgan fingerprint density at radius 3 is 2.94 bits per heavy atom. The van der Waals surface area contributed by atoms with Crippen LogP contribution < -0.4 is 10.6 Å². The molecule has 0 bridgehead atoms. The van der Waals surface area contributed by atoms with Crippen LogP contribution in [0.1, 0.15) is 19.3 Å². The molecule has 5 nitrogen and oxygen atoms in total. The van der Waals surface area contributed by atoms with Crippen molar-refractivity contribution in [1.82, 2.24) is 10.6 Å². The van der Waals surface area contributed by atoms with Crippen LogP contribution in [0.25, 0.3) is 0 Å². The Labute approximate surface area is 99.2 Å². The summed E-state index contributed by atoms with van der Waals surface area (Å²) in [7, 11) is 0. The maximum Gasteiger partial charge on any atom is 0.325 e. The average molecular weight is 246 g/mol. The fourth-order valence-corrected chi connectivity index (χ4v) is 3.45. The van der Waals surface area contributed by atoms with Gasteiger partial charge in [0.25, 0.3) is 0 Å². The molecule has 2 atom stereocenters. The Hall–Kier alpha value is -0.300. The Balaban J connectivity index is 2.13. The molecule has 0 spiro atoms. The van der Waals surface area contributed by atoms with E-state index in [1.807, 2.05) is 0 Å². The summed E-state index contributed by atoms with van der Waals surface area (Å²) in [4.78, 5) is 11.5. The summed E-state index contributed by atoms with van der Waals surface area (Å²) in [6, 6.07) is 0. The molecule has 6 heteroatoms. The molecule has 0 aromatic heterocycles. The highest BCUT2D eigenvalue weighted by molar-refractivity contribution is 7.93. The maximum atomic E-state index is 11.5. The lowest BCUT2D eigenvalue weighted by Gasteiger charge is -2.35. The normalized spacial score (nSPS) is 37.6. The van der Waals surface area contributed by atoms with Gasteiger partial charge in [0.05, 0.1) is 0 Å². The second-order valence-corrected chi connectivity index (χ2v) is 5.37. The lowest BCUT2D eigenvalue weighted by molar-refractivity contribution is -0.147. The van der Waals surface area contributed by atoms with E-state index in [-0.39, 0.29) is 5.41 Å². The van der Waals surface area contributed by atoms with Crippen LogP contribution in [0.15, 0.2) is 0 Å².